The summed E-state index contributed by atoms with van der Waals surface area (Å²) in [5, 5.41) is 9.27. The van der Waals surface area contributed by atoms with Gasteiger partial charge in [-0.05, 0) is 48.5 Å². The quantitative estimate of drug-likeness (QED) is 0.752. The Morgan fingerprint density at radius 3 is 1.86 bits per heavy atom. The number of rotatable bonds is 4. The molecular formula is C17H18FNOSi. The summed E-state index contributed by atoms with van der Waals surface area (Å²) >= 11 is 0. The first-order chi connectivity index (χ1) is 9.89. The number of benzene rings is 2. The Balaban J connectivity index is 2.22. The van der Waals surface area contributed by atoms with Gasteiger partial charge < -0.3 is 4.43 Å². The summed E-state index contributed by atoms with van der Waals surface area (Å²) in [6, 6.07) is 16.2. The first-order valence-corrected chi connectivity index (χ1v) is 10.2. The fraction of sp³-hybridized carbons (Fsp3) is 0.235. The highest BCUT2D eigenvalue weighted by atomic mass is 28.4. The van der Waals surface area contributed by atoms with Gasteiger partial charge in [0.05, 0.1) is 6.07 Å². The smallest absolute Gasteiger partial charge is 0.186 e. The highest BCUT2D eigenvalue weighted by molar-refractivity contribution is 6.69. The molecule has 2 aromatic rings. The van der Waals surface area contributed by atoms with Crippen LogP contribution < -0.4 is 0 Å². The van der Waals surface area contributed by atoms with E-state index in [0.717, 1.165) is 16.7 Å². The van der Waals surface area contributed by atoms with Crippen molar-refractivity contribution in [3.05, 3.63) is 59.9 Å². The monoisotopic (exact) mass is 299 g/mol. The van der Waals surface area contributed by atoms with Crippen molar-refractivity contribution in [3.8, 4) is 17.2 Å². The first-order valence-electron chi connectivity index (χ1n) is 6.82. The standard InChI is InChI=1S/C17H18FNOSi/c1-21(2,3)20-17(12-19)15-6-4-13(5-7-15)14-8-10-16(18)11-9-14/h4-11,17H,1-3H3/t17-/m1/s1. The van der Waals surface area contributed by atoms with Crippen molar-refractivity contribution in [3.63, 3.8) is 0 Å². The van der Waals surface area contributed by atoms with Gasteiger partial charge in [-0.2, -0.15) is 5.26 Å². The maximum atomic E-state index is 12.9. The number of nitriles is 1. The Kier molecular flexibility index (Phi) is 4.56. The molecule has 0 aliphatic heterocycles. The van der Waals surface area contributed by atoms with Gasteiger partial charge in [-0.15, -0.1) is 0 Å². The molecule has 0 bridgehead atoms. The molecule has 2 rings (SSSR count). The Bertz CT molecular complexity index is 638. The van der Waals surface area contributed by atoms with Crippen molar-refractivity contribution < 1.29 is 8.82 Å². The van der Waals surface area contributed by atoms with Gasteiger partial charge in [-0.3, -0.25) is 0 Å². The van der Waals surface area contributed by atoms with Crippen molar-refractivity contribution in [2.45, 2.75) is 25.7 Å². The highest BCUT2D eigenvalue weighted by Gasteiger charge is 2.22. The molecule has 0 fully saturated rings. The van der Waals surface area contributed by atoms with E-state index in [-0.39, 0.29) is 5.82 Å². The van der Waals surface area contributed by atoms with E-state index in [1.54, 1.807) is 12.1 Å². The Hall–Kier alpha value is -1.96. The van der Waals surface area contributed by atoms with Crippen LogP contribution >= 0.6 is 0 Å². The lowest BCUT2D eigenvalue weighted by molar-refractivity contribution is 0.255. The van der Waals surface area contributed by atoms with Gasteiger partial charge in [0.25, 0.3) is 0 Å². The molecule has 21 heavy (non-hydrogen) atoms. The van der Waals surface area contributed by atoms with Crippen LogP contribution in [0.3, 0.4) is 0 Å². The summed E-state index contributed by atoms with van der Waals surface area (Å²) in [4.78, 5) is 0. The van der Waals surface area contributed by atoms with E-state index < -0.39 is 14.4 Å². The molecule has 0 unspecified atom stereocenters. The lowest BCUT2D eigenvalue weighted by Gasteiger charge is -2.22. The van der Waals surface area contributed by atoms with Gasteiger partial charge in [0, 0.05) is 0 Å². The van der Waals surface area contributed by atoms with Gasteiger partial charge >= 0.3 is 0 Å². The SMILES string of the molecule is C[Si](C)(C)O[C@H](C#N)c1ccc(-c2ccc(F)cc2)cc1. The van der Waals surface area contributed by atoms with Gasteiger partial charge in [0.1, 0.15) is 5.82 Å². The van der Waals surface area contributed by atoms with Gasteiger partial charge in [-0.25, -0.2) is 4.39 Å². The van der Waals surface area contributed by atoms with Crippen LogP contribution in [-0.4, -0.2) is 8.32 Å². The number of halogens is 1. The number of hydrogen-bond donors (Lipinski definition) is 0. The fourth-order valence-corrected chi connectivity index (χ4v) is 2.91. The normalized spacial score (nSPS) is 12.7. The average molecular weight is 299 g/mol. The first kappa shape index (κ1) is 15.4. The molecule has 0 saturated heterocycles. The summed E-state index contributed by atoms with van der Waals surface area (Å²) in [5.74, 6) is -0.247. The Morgan fingerprint density at radius 1 is 0.952 bits per heavy atom. The number of hydrogen-bond acceptors (Lipinski definition) is 2. The molecule has 0 N–H and O–H groups in total. The zero-order valence-corrected chi connectivity index (χ0v) is 13.4. The zero-order valence-electron chi connectivity index (χ0n) is 12.4. The van der Waals surface area contributed by atoms with Crippen LogP contribution in [0.2, 0.25) is 19.6 Å². The van der Waals surface area contributed by atoms with E-state index in [0.29, 0.717) is 0 Å². The third-order valence-corrected chi connectivity index (χ3v) is 3.92. The lowest BCUT2D eigenvalue weighted by Crippen LogP contribution is -2.27. The van der Waals surface area contributed by atoms with E-state index in [4.69, 9.17) is 4.43 Å². The van der Waals surface area contributed by atoms with E-state index in [9.17, 15) is 9.65 Å². The maximum Gasteiger partial charge on any atom is 0.186 e. The average Bonchev–Trinajstić information content (AvgIpc) is 2.45. The van der Waals surface area contributed by atoms with Gasteiger partial charge in [0.15, 0.2) is 14.4 Å². The van der Waals surface area contributed by atoms with E-state index in [1.165, 1.54) is 12.1 Å². The van der Waals surface area contributed by atoms with Gasteiger partial charge in [0.2, 0.25) is 0 Å². The van der Waals surface area contributed by atoms with E-state index in [2.05, 4.69) is 25.7 Å². The molecule has 0 aliphatic carbocycles. The molecule has 0 heterocycles. The largest absolute Gasteiger partial charge is 0.399 e. The molecule has 0 amide bonds. The molecule has 0 aliphatic rings. The van der Waals surface area contributed by atoms with Crippen molar-refractivity contribution in [1.29, 1.82) is 5.26 Å². The molecule has 108 valence electrons. The molecule has 0 saturated carbocycles. The molecule has 2 aromatic carbocycles. The molecule has 0 aromatic heterocycles. The van der Waals surface area contributed by atoms with Crippen LogP contribution in [0.15, 0.2) is 48.5 Å². The van der Waals surface area contributed by atoms with Crippen molar-refractivity contribution >= 4 is 8.32 Å². The van der Waals surface area contributed by atoms with Crippen LogP contribution in [0, 0.1) is 17.1 Å². The molecule has 0 spiro atoms. The summed E-state index contributed by atoms with van der Waals surface area (Å²) in [7, 11) is -1.77. The third-order valence-electron chi connectivity index (χ3n) is 2.98. The van der Waals surface area contributed by atoms with Crippen molar-refractivity contribution in [2.24, 2.45) is 0 Å². The predicted molar refractivity (Wildman–Crippen MR) is 84.6 cm³/mol. The van der Waals surface area contributed by atoms with Crippen LogP contribution in [-0.2, 0) is 4.43 Å². The zero-order chi connectivity index (χ0) is 15.5. The van der Waals surface area contributed by atoms with E-state index >= 15 is 0 Å². The molecule has 0 radical (unpaired) electrons. The second-order valence-electron chi connectivity index (χ2n) is 5.87. The third kappa shape index (κ3) is 4.25. The summed E-state index contributed by atoms with van der Waals surface area (Å²) < 4.78 is 18.8. The molecular weight excluding hydrogens is 281 g/mol. The summed E-state index contributed by atoms with van der Waals surface area (Å²) in [6.07, 6.45) is -0.529. The lowest BCUT2D eigenvalue weighted by atomic mass is 10.0. The molecule has 4 heteroatoms. The minimum absolute atomic E-state index is 0.247. The van der Waals surface area contributed by atoms with Crippen molar-refractivity contribution in [2.75, 3.05) is 0 Å². The molecule has 1 atom stereocenters. The van der Waals surface area contributed by atoms with Crippen LogP contribution in [0.25, 0.3) is 11.1 Å². The van der Waals surface area contributed by atoms with Crippen LogP contribution in [0.1, 0.15) is 11.7 Å². The molecule has 2 nitrogen and oxygen atoms in total. The maximum absolute atomic E-state index is 12.9. The predicted octanol–water partition coefficient (Wildman–Crippen LogP) is 4.91. The Labute approximate surface area is 125 Å². The second kappa shape index (κ2) is 6.21. The van der Waals surface area contributed by atoms with Crippen LogP contribution in [0.5, 0.6) is 0 Å². The van der Waals surface area contributed by atoms with Crippen molar-refractivity contribution in [1.82, 2.24) is 0 Å². The Morgan fingerprint density at radius 2 is 1.43 bits per heavy atom. The second-order valence-corrected chi connectivity index (χ2v) is 10.3. The fourth-order valence-electron chi connectivity index (χ4n) is 2.02. The van der Waals surface area contributed by atoms with Gasteiger partial charge in [-0.1, -0.05) is 36.4 Å². The number of nitrogens with zero attached hydrogens (tertiary/aromatic N) is 1. The van der Waals surface area contributed by atoms with E-state index in [1.807, 2.05) is 24.3 Å². The minimum Gasteiger partial charge on any atom is -0.399 e. The topological polar surface area (TPSA) is 33.0 Å². The highest BCUT2D eigenvalue weighted by Crippen LogP contribution is 2.25. The minimum atomic E-state index is -1.77. The summed E-state index contributed by atoms with van der Waals surface area (Å²) in [5.41, 5.74) is 2.79. The van der Waals surface area contributed by atoms with Crippen LogP contribution in [0.4, 0.5) is 4.39 Å². The summed E-state index contributed by atoms with van der Waals surface area (Å²) in [6.45, 7) is 6.18.